The molecule has 0 saturated heterocycles. The van der Waals surface area contributed by atoms with Crippen LogP contribution in [-0.4, -0.2) is 20.2 Å². The minimum Gasteiger partial charge on any atom is -0.421 e. The molecule has 4 aromatic carbocycles. The Morgan fingerprint density at radius 3 is 1.59 bits per heavy atom. The van der Waals surface area contributed by atoms with E-state index in [-0.39, 0.29) is 0 Å². The highest BCUT2D eigenvalue weighted by atomic mass is 16.4. The monoisotopic (exact) mass is 482 g/mol. The van der Waals surface area contributed by atoms with E-state index in [1.807, 2.05) is 54.6 Å². The maximum atomic E-state index is 5.83. The van der Waals surface area contributed by atoms with Crippen LogP contribution in [0.3, 0.4) is 0 Å². The SMILES string of the molecule is CC(C)Cc1nnc(-c2ccc(-c3ccc(-c4nc5ccccc5nc4-c4ccccc4)cc3)cc2)o1. The van der Waals surface area contributed by atoms with Gasteiger partial charge in [-0.15, -0.1) is 10.2 Å². The molecular formula is C32H26N4O. The molecule has 0 aliphatic rings. The van der Waals surface area contributed by atoms with E-state index in [0.29, 0.717) is 17.7 Å². The third-order valence-electron chi connectivity index (χ3n) is 6.29. The van der Waals surface area contributed by atoms with Gasteiger partial charge in [-0.3, -0.25) is 0 Å². The van der Waals surface area contributed by atoms with Crippen molar-refractivity contribution in [2.45, 2.75) is 20.3 Å². The van der Waals surface area contributed by atoms with E-state index >= 15 is 0 Å². The molecule has 180 valence electrons. The molecule has 5 nitrogen and oxygen atoms in total. The van der Waals surface area contributed by atoms with Crippen LogP contribution in [0.15, 0.2) is 108 Å². The number of fused-ring (bicyclic) bond motifs is 1. The van der Waals surface area contributed by atoms with Gasteiger partial charge in [-0.2, -0.15) is 0 Å². The van der Waals surface area contributed by atoms with Gasteiger partial charge in [-0.1, -0.05) is 92.7 Å². The molecule has 0 atom stereocenters. The fourth-order valence-electron chi connectivity index (χ4n) is 4.43. The molecule has 0 fully saturated rings. The lowest BCUT2D eigenvalue weighted by Gasteiger charge is -2.11. The van der Waals surface area contributed by atoms with Crippen LogP contribution in [0.1, 0.15) is 19.7 Å². The van der Waals surface area contributed by atoms with Crippen molar-refractivity contribution in [2.75, 3.05) is 0 Å². The van der Waals surface area contributed by atoms with Crippen molar-refractivity contribution < 1.29 is 4.42 Å². The van der Waals surface area contributed by atoms with Gasteiger partial charge < -0.3 is 4.42 Å². The van der Waals surface area contributed by atoms with E-state index in [1.54, 1.807) is 0 Å². The van der Waals surface area contributed by atoms with Gasteiger partial charge in [0.15, 0.2) is 0 Å². The zero-order chi connectivity index (χ0) is 25.2. The van der Waals surface area contributed by atoms with E-state index in [4.69, 9.17) is 14.4 Å². The summed E-state index contributed by atoms with van der Waals surface area (Å²) in [5.74, 6) is 1.71. The molecule has 0 N–H and O–H groups in total. The molecule has 2 heterocycles. The molecule has 2 aromatic heterocycles. The zero-order valence-corrected chi connectivity index (χ0v) is 20.8. The van der Waals surface area contributed by atoms with Crippen molar-refractivity contribution in [3.05, 3.63) is 109 Å². The Hall–Kier alpha value is -4.64. The highest BCUT2D eigenvalue weighted by Gasteiger charge is 2.14. The topological polar surface area (TPSA) is 64.7 Å². The summed E-state index contributed by atoms with van der Waals surface area (Å²) in [6, 6.07) is 34.9. The van der Waals surface area contributed by atoms with Crippen molar-refractivity contribution in [2.24, 2.45) is 5.92 Å². The molecule has 37 heavy (non-hydrogen) atoms. The Bertz CT molecular complexity index is 1650. The molecule has 0 aliphatic heterocycles. The molecule has 5 heteroatoms. The molecule has 0 unspecified atom stereocenters. The summed E-state index contributed by atoms with van der Waals surface area (Å²) in [4.78, 5) is 9.98. The first kappa shape index (κ1) is 22.8. The molecule has 0 spiro atoms. The van der Waals surface area contributed by atoms with Crippen molar-refractivity contribution >= 4 is 11.0 Å². The van der Waals surface area contributed by atoms with Crippen molar-refractivity contribution in [3.8, 4) is 45.1 Å². The number of rotatable bonds is 6. The average molecular weight is 483 g/mol. The molecule has 0 bridgehead atoms. The summed E-state index contributed by atoms with van der Waals surface area (Å²) in [6.45, 7) is 4.28. The van der Waals surface area contributed by atoms with Gasteiger partial charge in [0.05, 0.1) is 22.4 Å². The second-order valence-electron chi connectivity index (χ2n) is 9.53. The number of benzene rings is 4. The van der Waals surface area contributed by atoms with Gasteiger partial charge in [0, 0.05) is 23.1 Å². The Balaban J connectivity index is 1.31. The van der Waals surface area contributed by atoms with E-state index < -0.39 is 0 Å². The maximum absolute atomic E-state index is 5.83. The standard InChI is InChI=1S/C32H26N4O/c1-21(2)20-29-35-36-32(37-29)26-18-14-23(15-19-26)22-12-16-25(17-13-22)31-30(24-8-4-3-5-9-24)33-27-10-6-7-11-28(27)34-31/h3-19,21H,20H2,1-2H3. The highest BCUT2D eigenvalue weighted by molar-refractivity contribution is 5.86. The van der Waals surface area contributed by atoms with Gasteiger partial charge in [0.1, 0.15) is 0 Å². The van der Waals surface area contributed by atoms with E-state index in [2.05, 4.69) is 72.6 Å². The van der Waals surface area contributed by atoms with Crippen LogP contribution in [0.25, 0.3) is 56.1 Å². The van der Waals surface area contributed by atoms with Crippen LogP contribution in [0, 0.1) is 5.92 Å². The van der Waals surface area contributed by atoms with Crippen LogP contribution in [0.5, 0.6) is 0 Å². The molecule has 0 aliphatic carbocycles. The largest absolute Gasteiger partial charge is 0.421 e. The smallest absolute Gasteiger partial charge is 0.247 e. The third-order valence-corrected chi connectivity index (χ3v) is 6.29. The number of para-hydroxylation sites is 2. The third kappa shape index (κ3) is 4.76. The molecule has 6 aromatic rings. The fraction of sp³-hybridized carbons (Fsp3) is 0.125. The van der Waals surface area contributed by atoms with E-state index in [0.717, 1.165) is 56.7 Å². The van der Waals surface area contributed by atoms with Gasteiger partial charge in [0.25, 0.3) is 0 Å². The fourth-order valence-corrected chi connectivity index (χ4v) is 4.43. The predicted octanol–water partition coefficient (Wildman–Crippen LogP) is 7.88. The summed E-state index contributed by atoms with van der Waals surface area (Å²) in [6.07, 6.45) is 0.783. The molecule has 0 amide bonds. The van der Waals surface area contributed by atoms with Gasteiger partial charge >= 0.3 is 0 Å². The maximum Gasteiger partial charge on any atom is 0.247 e. The quantitative estimate of drug-likeness (QED) is 0.242. The van der Waals surface area contributed by atoms with E-state index in [1.165, 1.54) is 0 Å². The van der Waals surface area contributed by atoms with Gasteiger partial charge in [-0.25, -0.2) is 9.97 Å². The first-order valence-corrected chi connectivity index (χ1v) is 12.5. The minimum atomic E-state index is 0.475. The van der Waals surface area contributed by atoms with Crippen LogP contribution in [-0.2, 0) is 6.42 Å². The first-order valence-electron chi connectivity index (χ1n) is 12.5. The number of hydrogen-bond acceptors (Lipinski definition) is 5. The Labute approximate surface area is 215 Å². The lowest BCUT2D eigenvalue weighted by molar-refractivity contribution is 0.466. The normalized spacial score (nSPS) is 11.3. The van der Waals surface area contributed by atoms with Crippen molar-refractivity contribution in [3.63, 3.8) is 0 Å². The van der Waals surface area contributed by atoms with E-state index in [9.17, 15) is 0 Å². The summed E-state index contributed by atoms with van der Waals surface area (Å²) in [7, 11) is 0. The lowest BCUT2D eigenvalue weighted by Crippen LogP contribution is -1.95. The number of hydrogen-bond donors (Lipinski definition) is 0. The van der Waals surface area contributed by atoms with Crippen LogP contribution < -0.4 is 0 Å². The Morgan fingerprint density at radius 2 is 1.03 bits per heavy atom. The molecular weight excluding hydrogens is 456 g/mol. The van der Waals surface area contributed by atoms with Gasteiger partial charge in [0.2, 0.25) is 11.8 Å². The van der Waals surface area contributed by atoms with Crippen molar-refractivity contribution in [1.82, 2.24) is 20.2 Å². The van der Waals surface area contributed by atoms with Gasteiger partial charge in [-0.05, 0) is 41.3 Å². The molecule has 6 rings (SSSR count). The molecule has 0 radical (unpaired) electrons. The van der Waals surface area contributed by atoms with Crippen LogP contribution >= 0.6 is 0 Å². The zero-order valence-electron chi connectivity index (χ0n) is 20.8. The second-order valence-corrected chi connectivity index (χ2v) is 9.53. The lowest BCUT2D eigenvalue weighted by atomic mass is 9.99. The summed E-state index contributed by atoms with van der Waals surface area (Å²) in [5.41, 5.74) is 8.76. The number of nitrogens with zero attached hydrogens (tertiary/aromatic N) is 4. The second kappa shape index (κ2) is 9.78. The average Bonchev–Trinajstić information content (AvgIpc) is 3.41. The summed E-state index contributed by atoms with van der Waals surface area (Å²) < 4.78 is 5.83. The Morgan fingerprint density at radius 1 is 0.541 bits per heavy atom. The van der Waals surface area contributed by atoms with Crippen LogP contribution in [0.4, 0.5) is 0 Å². The molecule has 0 saturated carbocycles. The minimum absolute atomic E-state index is 0.475. The predicted molar refractivity (Wildman–Crippen MR) is 148 cm³/mol. The first-order chi connectivity index (χ1) is 18.1. The summed E-state index contributed by atoms with van der Waals surface area (Å²) >= 11 is 0. The van der Waals surface area contributed by atoms with Crippen molar-refractivity contribution in [1.29, 1.82) is 0 Å². The number of aromatic nitrogens is 4. The van der Waals surface area contributed by atoms with Crippen LogP contribution in [0.2, 0.25) is 0 Å². The highest BCUT2D eigenvalue weighted by Crippen LogP contribution is 2.32. The Kier molecular flexibility index (Phi) is 6.03. The summed E-state index contributed by atoms with van der Waals surface area (Å²) in [5, 5.41) is 8.38.